The van der Waals surface area contributed by atoms with E-state index in [9.17, 15) is 10.1 Å². The van der Waals surface area contributed by atoms with Gasteiger partial charge in [0.15, 0.2) is 0 Å². The van der Waals surface area contributed by atoms with Gasteiger partial charge in [0.05, 0.1) is 17.6 Å². The van der Waals surface area contributed by atoms with Crippen LogP contribution in [0.15, 0.2) is 18.2 Å². The van der Waals surface area contributed by atoms with Crippen LogP contribution in [-0.2, 0) is 4.74 Å². The molecule has 0 aliphatic rings. The average Bonchev–Trinajstić information content (AvgIpc) is 2.27. The quantitative estimate of drug-likeness (QED) is 0.624. The normalized spacial score (nSPS) is 12.5. The molecule has 0 heterocycles. The smallest absolute Gasteiger partial charge is 0.272 e. The first kappa shape index (κ1) is 14.4. The van der Waals surface area contributed by atoms with Crippen LogP contribution in [0.5, 0.6) is 0 Å². The highest BCUT2D eigenvalue weighted by molar-refractivity contribution is 5.54. The van der Waals surface area contributed by atoms with Crippen molar-refractivity contribution in [2.24, 2.45) is 5.92 Å². The predicted molar refractivity (Wildman–Crippen MR) is 72.0 cm³/mol. The monoisotopic (exact) mass is 252 g/mol. The van der Waals surface area contributed by atoms with E-state index in [0.717, 1.165) is 5.69 Å². The van der Waals surface area contributed by atoms with Gasteiger partial charge >= 0.3 is 0 Å². The fourth-order valence-electron chi connectivity index (χ4n) is 1.74. The first-order valence-corrected chi connectivity index (χ1v) is 5.96. The Hall–Kier alpha value is -1.62. The van der Waals surface area contributed by atoms with E-state index < -0.39 is 0 Å². The fourth-order valence-corrected chi connectivity index (χ4v) is 1.74. The summed E-state index contributed by atoms with van der Waals surface area (Å²) in [7, 11) is 1.66. The van der Waals surface area contributed by atoms with Crippen LogP contribution < -0.4 is 5.32 Å². The second-order valence-electron chi connectivity index (χ2n) is 4.71. The predicted octanol–water partition coefficient (Wildman–Crippen LogP) is 2.99. The summed E-state index contributed by atoms with van der Waals surface area (Å²) in [4.78, 5) is 10.4. The number of hydrogen-bond acceptors (Lipinski definition) is 4. The van der Waals surface area contributed by atoms with Crippen LogP contribution >= 0.6 is 0 Å². The topological polar surface area (TPSA) is 64.4 Å². The van der Waals surface area contributed by atoms with E-state index in [2.05, 4.69) is 19.2 Å². The van der Waals surface area contributed by atoms with Crippen molar-refractivity contribution in [2.45, 2.75) is 26.8 Å². The van der Waals surface area contributed by atoms with Crippen molar-refractivity contribution in [1.82, 2.24) is 0 Å². The highest BCUT2D eigenvalue weighted by Crippen LogP contribution is 2.22. The van der Waals surface area contributed by atoms with E-state index in [1.54, 1.807) is 26.2 Å². The molecule has 5 heteroatoms. The molecule has 100 valence electrons. The zero-order chi connectivity index (χ0) is 13.7. The minimum Gasteiger partial charge on any atom is -0.383 e. The van der Waals surface area contributed by atoms with Crippen LogP contribution in [-0.4, -0.2) is 24.7 Å². The molecule has 0 spiro atoms. The van der Waals surface area contributed by atoms with Crippen LogP contribution in [0.1, 0.15) is 19.4 Å². The molecule has 5 nitrogen and oxygen atoms in total. The van der Waals surface area contributed by atoms with Crippen LogP contribution in [0.4, 0.5) is 11.4 Å². The first-order valence-electron chi connectivity index (χ1n) is 5.96. The lowest BCUT2D eigenvalue weighted by atomic mass is 10.0. The Balaban J connectivity index is 2.84. The molecule has 0 amide bonds. The van der Waals surface area contributed by atoms with Crippen molar-refractivity contribution in [2.75, 3.05) is 19.0 Å². The van der Waals surface area contributed by atoms with Crippen molar-refractivity contribution in [3.05, 3.63) is 33.9 Å². The van der Waals surface area contributed by atoms with Gasteiger partial charge < -0.3 is 10.1 Å². The minimum atomic E-state index is -0.367. The lowest BCUT2D eigenvalue weighted by molar-refractivity contribution is -0.385. The van der Waals surface area contributed by atoms with E-state index >= 15 is 0 Å². The number of benzene rings is 1. The van der Waals surface area contributed by atoms with Gasteiger partial charge in [0, 0.05) is 24.4 Å². The molecule has 1 atom stereocenters. The summed E-state index contributed by atoms with van der Waals surface area (Å²) < 4.78 is 5.16. The Morgan fingerprint density at radius 3 is 2.56 bits per heavy atom. The van der Waals surface area contributed by atoms with E-state index in [-0.39, 0.29) is 16.7 Å². The molecule has 1 unspecified atom stereocenters. The van der Waals surface area contributed by atoms with E-state index in [1.165, 1.54) is 6.07 Å². The van der Waals surface area contributed by atoms with Crippen molar-refractivity contribution < 1.29 is 9.66 Å². The highest BCUT2D eigenvalue weighted by atomic mass is 16.6. The third kappa shape index (κ3) is 3.70. The molecule has 0 aliphatic heterocycles. The Kier molecular flexibility index (Phi) is 5.09. The summed E-state index contributed by atoms with van der Waals surface area (Å²) in [5.41, 5.74) is 1.69. The lowest BCUT2D eigenvalue weighted by Crippen LogP contribution is -2.30. The maximum Gasteiger partial charge on any atom is 0.272 e. The second kappa shape index (κ2) is 6.35. The number of nitro groups is 1. The highest BCUT2D eigenvalue weighted by Gasteiger charge is 2.15. The van der Waals surface area contributed by atoms with Crippen LogP contribution in [0.3, 0.4) is 0 Å². The summed E-state index contributed by atoms with van der Waals surface area (Å²) in [6.45, 7) is 6.56. The zero-order valence-electron chi connectivity index (χ0n) is 11.3. The van der Waals surface area contributed by atoms with Gasteiger partial charge in [0.2, 0.25) is 0 Å². The number of methoxy groups -OCH3 is 1. The largest absolute Gasteiger partial charge is 0.383 e. The number of anilines is 1. The molecule has 18 heavy (non-hydrogen) atoms. The standard InChI is InChI=1S/C13H20N2O3/c1-9(2)12(8-18-4)14-11-5-6-13(15(16)17)10(3)7-11/h5-7,9,12,14H,8H2,1-4H3. The Bertz CT molecular complexity index is 419. The minimum absolute atomic E-state index is 0.147. The number of aryl methyl sites for hydroxylation is 1. The molecule has 0 fully saturated rings. The summed E-state index contributed by atoms with van der Waals surface area (Å²) in [5, 5.41) is 14.1. The SMILES string of the molecule is COCC(Nc1ccc([N+](=O)[O-])c(C)c1)C(C)C. The summed E-state index contributed by atoms with van der Waals surface area (Å²) in [5.74, 6) is 0.417. The molecule has 0 bridgehead atoms. The average molecular weight is 252 g/mol. The molecule has 0 aromatic heterocycles. The fraction of sp³-hybridized carbons (Fsp3) is 0.538. The third-order valence-electron chi connectivity index (χ3n) is 2.90. The molecule has 1 N–H and O–H groups in total. The molecule has 1 aromatic rings. The number of rotatable bonds is 6. The number of nitrogens with one attached hydrogen (secondary N) is 1. The first-order chi connectivity index (χ1) is 8.45. The van der Waals surface area contributed by atoms with E-state index in [0.29, 0.717) is 18.1 Å². The van der Waals surface area contributed by atoms with E-state index in [1.807, 2.05) is 0 Å². The molecule has 1 rings (SSSR count). The van der Waals surface area contributed by atoms with Crippen LogP contribution in [0.2, 0.25) is 0 Å². The lowest BCUT2D eigenvalue weighted by Gasteiger charge is -2.22. The molecule has 1 aromatic carbocycles. The number of nitrogens with zero attached hydrogens (tertiary/aromatic N) is 1. The maximum absolute atomic E-state index is 10.7. The molecule has 0 saturated carbocycles. The van der Waals surface area contributed by atoms with Gasteiger partial charge in [0.1, 0.15) is 0 Å². The molecular weight excluding hydrogens is 232 g/mol. The van der Waals surface area contributed by atoms with Crippen LogP contribution in [0, 0.1) is 23.0 Å². The molecule has 0 saturated heterocycles. The molecule has 0 aliphatic carbocycles. The van der Waals surface area contributed by atoms with Gasteiger partial charge in [-0.2, -0.15) is 0 Å². The number of hydrogen-bond donors (Lipinski definition) is 1. The third-order valence-corrected chi connectivity index (χ3v) is 2.90. The maximum atomic E-state index is 10.7. The van der Waals surface area contributed by atoms with E-state index in [4.69, 9.17) is 4.74 Å². The molecular formula is C13H20N2O3. The van der Waals surface area contributed by atoms with Crippen LogP contribution in [0.25, 0.3) is 0 Å². The Morgan fingerprint density at radius 1 is 1.44 bits per heavy atom. The van der Waals surface area contributed by atoms with Crippen molar-refractivity contribution in [3.63, 3.8) is 0 Å². The van der Waals surface area contributed by atoms with Crippen molar-refractivity contribution in [3.8, 4) is 0 Å². The van der Waals surface area contributed by atoms with Gasteiger partial charge in [-0.15, -0.1) is 0 Å². The summed E-state index contributed by atoms with van der Waals surface area (Å²) >= 11 is 0. The van der Waals surface area contributed by atoms with Gasteiger partial charge in [-0.1, -0.05) is 13.8 Å². The number of ether oxygens (including phenoxy) is 1. The van der Waals surface area contributed by atoms with Gasteiger partial charge in [0.25, 0.3) is 5.69 Å². The molecule has 0 radical (unpaired) electrons. The van der Waals surface area contributed by atoms with Crippen molar-refractivity contribution in [1.29, 1.82) is 0 Å². The van der Waals surface area contributed by atoms with Gasteiger partial charge in [-0.05, 0) is 25.0 Å². The second-order valence-corrected chi connectivity index (χ2v) is 4.71. The Morgan fingerprint density at radius 2 is 2.11 bits per heavy atom. The number of nitro benzene ring substituents is 1. The zero-order valence-corrected chi connectivity index (χ0v) is 11.3. The van der Waals surface area contributed by atoms with Gasteiger partial charge in [-0.25, -0.2) is 0 Å². The van der Waals surface area contributed by atoms with Gasteiger partial charge in [-0.3, -0.25) is 10.1 Å². The van der Waals surface area contributed by atoms with Crippen molar-refractivity contribution >= 4 is 11.4 Å². The Labute approximate surface area is 107 Å². The summed E-state index contributed by atoms with van der Waals surface area (Å²) in [6.07, 6.45) is 0. The summed E-state index contributed by atoms with van der Waals surface area (Å²) in [6, 6.07) is 5.25.